The van der Waals surface area contributed by atoms with E-state index in [0.29, 0.717) is 15.6 Å². The number of halogens is 2. The Labute approximate surface area is 135 Å². The van der Waals surface area contributed by atoms with Crippen molar-refractivity contribution in [3.63, 3.8) is 0 Å². The first-order valence-corrected chi connectivity index (χ1v) is 8.33. The minimum absolute atomic E-state index is 0.0483. The van der Waals surface area contributed by atoms with Crippen molar-refractivity contribution in [3.05, 3.63) is 51.2 Å². The van der Waals surface area contributed by atoms with Crippen LogP contribution in [0.25, 0.3) is 0 Å². The van der Waals surface area contributed by atoms with E-state index in [1.54, 1.807) is 6.92 Å². The highest BCUT2D eigenvalue weighted by Crippen LogP contribution is 2.26. The summed E-state index contributed by atoms with van der Waals surface area (Å²) in [5, 5.41) is 8.92. The van der Waals surface area contributed by atoms with Gasteiger partial charge < -0.3 is 0 Å². The summed E-state index contributed by atoms with van der Waals surface area (Å²) >= 11 is 9.07. The molecule has 5 nitrogen and oxygen atoms in total. The molecule has 108 valence electrons. The van der Waals surface area contributed by atoms with Crippen LogP contribution in [0.2, 0.25) is 5.15 Å². The molecule has 0 unspecified atom stereocenters. The van der Waals surface area contributed by atoms with Gasteiger partial charge in [0.1, 0.15) is 0 Å². The number of aryl methyl sites for hydroxylation is 1. The van der Waals surface area contributed by atoms with Crippen LogP contribution in [-0.4, -0.2) is 13.4 Å². The zero-order valence-electron chi connectivity index (χ0n) is 10.8. The van der Waals surface area contributed by atoms with Crippen LogP contribution >= 0.6 is 27.5 Å². The SMILES string of the molecule is Cc1cc(S(=O)(=O)Nc2cc(Br)cnc2Cl)ccc1C#N. The highest BCUT2D eigenvalue weighted by molar-refractivity contribution is 9.10. The molecule has 1 N–H and O–H groups in total. The van der Waals surface area contributed by atoms with Gasteiger partial charge in [0.2, 0.25) is 0 Å². The number of nitrogens with zero attached hydrogens (tertiary/aromatic N) is 2. The largest absolute Gasteiger partial charge is 0.276 e. The van der Waals surface area contributed by atoms with Gasteiger partial charge in [0, 0.05) is 10.7 Å². The lowest BCUT2D eigenvalue weighted by Crippen LogP contribution is -2.14. The summed E-state index contributed by atoms with van der Waals surface area (Å²) in [6.45, 7) is 1.67. The summed E-state index contributed by atoms with van der Waals surface area (Å²) in [6, 6.07) is 7.77. The molecule has 0 saturated heterocycles. The van der Waals surface area contributed by atoms with E-state index >= 15 is 0 Å². The van der Waals surface area contributed by atoms with Crippen LogP contribution < -0.4 is 4.72 Å². The van der Waals surface area contributed by atoms with Crippen molar-refractivity contribution in [2.75, 3.05) is 4.72 Å². The fourth-order valence-corrected chi connectivity index (χ4v) is 3.31. The van der Waals surface area contributed by atoms with Crippen LogP contribution in [0.4, 0.5) is 5.69 Å². The number of nitriles is 1. The topological polar surface area (TPSA) is 82.8 Å². The summed E-state index contributed by atoms with van der Waals surface area (Å²) < 4.78 is 27.6. The molecule has 0 amide bonds. The fraction of sp³-hybridized carbons (Fsp3) is 0.0769. The highest BCUT2D eigenvalue weighted by atomic mass is 79.9. The van der Waals surface area contributed by atoms with E-state index in [1.165, 1.54) is 30.5 Å². The summed E-state index contributed by atoms with van der Waals surface area (Å²) in [4.78, 5) is 3.90. The number of sulfonamides is 1. The Kier molecular flexibility index (Phi) is 4.52. The van der Waals surface area contributed by atoms with Gasteiger partial charge in [-0.25, -0.2) is 13.4 Å². The highest BCUT2D eigenvalue weighted by Gasteiger charge is 2.17. The monoisotopic (exact) mass is 385 g/mol. The quantitative estimate of drug-likeness (QED) is 0.819. The van der Waals surface area contributed by atoms with Crippen molar-refractivity contribution >= 4 is 43.2 Å². The molecule has 2 aromatic rings. The van der Waals surface area contributed by atoms with Crippen LogP contribution in [-0.2, 0) is 10.0 Å². The molecule has 8 heteroatoms. The van der Waals surface area contributed by atoms with Gasteiger partial charge in [-0.15, -0.1) is 0 Å². The Morgan fingerprint density at radius 2 is 2.10 bits per heavy atom. The molecule has 0 aliphatic rings. The normalized spacial score (nSPS) is 11.0. The van der Waals surface area contributed by atoms with Crippen molar-refractivity contribution in [1.82, 2.24) is 4.98 Å². The van der Waals surface area contributed by atoms with Gasteiger partial charge in [-0.05, 0) is 52.7 Å². The first kappa shape index (κ1) is 15.8. The predicted octanol–water partition coefficient (Wildman–Crippen LogP) is 3.48. The molecule has 0 bridgehead atoms. The Morgan fingerprint density at radius 1 is 1.38 bits per heavy atom. The zero-order chi connectivity index (χ0) is 15.6. The number of aromatic nitrogens is 1. The number of hydrogen-bond donors (Lipinski definition) is 1. The molecule has 21 heavy (non-hydrogen) atoms. The molecule has 1 aromatic carbocycles. The Balaban J connectivity index is 2.41. The maximum absolute atomic E-state index is 12.3. The Hall–Kier alpha value is -1.62. The lowest BCUT2D eigenvalue weighted by atomic mass is 10.1. The zero-order valence-corrected chi connectivity index (χ0v) is 13.9. The van der Waals surface area contributed by atoms with Crippen LogP contribution in [0.5, 0.6) is 0 Å². The van der Waals surface area contributed by atoms with Crippen molar-refractivity contribution < 1.29 is 8.42 Å². The van der Waals surface area contributed by atoms with Crippen molar-refractivity contribution in [2.45, 2.75) is 11.8 Å². The van der Waals surface area contributed by atoms with Gasteiger partial charge in [-0.2, -0.15) is 5.26 Å². The smallest absolute Gasteiger partial charge is 0.262 e. The van der Waals surface area contributed by atoms with Crippen LogP contribution in [0, 0.1) is 18.3 Å². The average Bonchev–Trinajstić information content (AvgIpc) is 2.42. The van der Waals surface area contributed by atoms with Crippen LogP contribution in [0.1, 0.15) is 11.1 Å². The van der Waals surface area contributed by atoms with E-state index in [1.807, 2.05) is 6.07 Å². The standard InChI is InChI=1S/C13H9BrClN3O2S/c1-8-4-11(3-2-9(8)6-16)21(19,20)18-12-5-10(14)7-17-13(12)15/h2-5,7,18H,1H3. The van der Waals surface area contributed by atoms with Gasteiger partial charge in [0.05, 0.1) is 22.2 Å². The third kappa shape index (κ3) is 3.53. The fourth-order valence-electron chi connectivity index (χ4n) is 1.63. The third-order valence-corrected chi connectivity index (χ3v) is 4.78. The van der Waals surface area contributed by atoms with Crippen LogP contribution in [0.15, 0.2) is 39.8 Å². The van der Waals surface area contributed by atoms with E-state index in [0.717, 1.165) is 0 Å². The second-order valence-corrected chi connectivity index (χ2v) is 7.14. The van der Waals surface area contributed by atoms with E-state index in [9.17, 15) is 8.42 Å². The Bertz CT molecular complexity index is 847. The molecule has 1 aromatic heterocycles. The molecule has 0 spiro atoms. The number of rotatable bonds is 3. The van der Waals surface area contributed by atoms with Crippen molar-refractivity contribution in [1.29, 1.82) is 5.26 Å². The van der Waals surface area contributed by atoms with E-state index in [2.05, 4.69) is 25.6 Å². The van der Waals surface area contributed by atoms with E-state index in [4.69, 9.17) is 16.9 Å². The molecular weight excluding hydrogens is 378 g/mol. The van der Waals surface area contributed by atoms with E-state index < -0.39 is 10.0 Å². The number of pyridine rings is 1. The molecular formula is C13H9BrClN3O2S. The molecule has 2 rings (SSSR count). The van der Waals surface area contributed by atoms with Crippen LogP contribution in [0.3, 0.4) is 0 Å². The second-order valence-electron chi connectivity index (χ2n) is 4.19. The Morgan fingerprint density at radius 3 is 2.71 bits per heavy atom. The van der Waals surface area contributed by atoms with Gasteiger partial charge in [0.15, 0.2) is 5.15 Å². The van der Waals surface area contributed by atoms with Crippen molar-refractivity contribution in [2.24, 2.45) is 0 Å². The van der Waals surface area contributed by atoms with Gasteiger partial charge in [0.25, 0.3) is 10.0 Å². The third-order valence-electron chi connectivity index (χ3n) is 2.68. The predicted molar refractivity (Wildman–Crippen MR) is 83.6 cm³/mol. The lowest BCUT2D eigenvalue weighted by Gasteiger charge is -2.10. The molecule has 0 aliphatic heterocycles. The molecule has 0 aliphatic carbocycles. The summed E-state index contributed by atoms with van der Waals surface area (Å²) in [6.07, 6.45) is 1.46. The number of benzene rings is 1. The minimum atomic E-state index is -3.80. The average molecular weight is 387 g/mol. The maximum atomic E-state index is 12.3. The maximum Gasteiger partial charge on any atom is 0.262 e. The molecule has 1 heterocycles. The minimum Gasteiger partial charge on any atom is -0.276 e. The second kappa shape index (κ2) is 6.02. The number of anilines is 1. The molecule has 0 fully saturated rings. The summed E-state index contributed by atoms with van der Waals surface area (Å²) in [5.41, 5.74) is 1.18. The molecule has 0 atom stereocenters. The van der Waals surface area contributed by atoms with Gasteiger partial charge in [-0.3, -0.25) is 4.72 Å². The first-order chi connectivity index (χ1) is 9.83. The first-order valence-electron chi connectivity index (χ1n) is 5.68. The van der Waals surface area contributed by atoms with E-state index in [-0.39, 0.29) is 15.7 Å². The summed E-state index contributed by atoms with van der Waals surface area (Å²) in [5.74, 6) is 0. The number of hydrogen-bond acceptors (Lipinski definition) is 4. The molecule has 0 saturated carbocycles. The molecule has 0 radical (unpaired) electrons. The van der Waals surface area contributed by atoms with Gasteiger partial charge >= 0.3 is 0 Å². The van der Waals surface area contributed by atoms with Gasteiger partial charge in [-0.1, -0.05) is 11.6 Å². The number of nitrogens with one attached hydrogen (secondary N) is 1. The summed E-state index contributed by atoms with van der Waals surface area (Å²) in [7, 11) is -3.80. The van der Waals surface area contributed by atoms with Crippen molar-refractivity contribution in [3.8, 4) is 6.07 Å². The lowest BCUT2D eigenvalue weighted by molar-refractivity contribution is 0.601.